The lowest BCUT2D eigenvalue weighted by atomic mass is 10.1. The van der Waals surface area contributed by atoms with Gasteiger partial charge in [0, 0.05) is 30.4 Å². The van der Waals surface area contributed by atoms with Crippen molar-refractivity contribution in [2.75, 3.05) is 18.0 Å². The molecule has 0 bridgehead atoms. The van der Waals surface area contributed by atoms with Crippen LogP contribution in [-0.4, -0.2) is 36.6 Å². The van der Waals surface area contributed by atoms with E-state index in [-0.39, 0.29) is 11.4 Å². The molecule has 2 rings (SSSR count). The van der Waals surface area contributed by atoms with E-state index in [1.807, 2.05) is 32.9 Å². The lowest BCUT2D eigenvalue weighted by Gasteiger charge is -2.23. The third kappa shape index (κ3) is 7.45. The zero-order chi connectivity index (χ0) is 19.9. The largest absolute Gasteiger partial charge is 0.449 e. The summed E-state index contributed by atoms with van der Waals surface area (Å²) < 4.78 is 5.17. The molecule has 0 aliphatic carbocycles. The van der Waals surface area contributed by atoms with Crippen LogP contribution < -0.4 is 10.2 Å². The minimum atomic E-state index is -0.827. The molecule has 1 aliphatic rings. The third-order valence-electron chi connectivity index (χ3n) is 4.44. The topological polar surface area (TPSA) is 58.6 Å². The normalized spacial score (nSPS) is 16.7. The predicted octanol–water partition coefficient (Wildman–Crippen LogP) is 3.93. The zero-order valence-electron chi connectivity index (χ0n) is 17.0. The number of amides is 1. The number of benzene rings is 1. The standard InChI is InChI=1S/C22H32N2O3/c1-17(21(26)23-22(2,3)4)27-20(25)14-11-18-9-12-19(13-10-18)24-15-7-5-6-8-16-24/h9-14,17H,5-8,15-16H2,1-4H3,(H,23,26)/b14-11+/t17-/m1/s1. The molecule has 0 radical (unpaired) electrons. The van der Waals surface area contributed by atoms with Crippen molar-refractivity contribution in [3.05, 3.63) is 35.9 Å². The summed E-state index contributed by atoms with van der Waals surface area (Å²) in [5.41, 5.74) is 1.80. The van der Waals surface area contributed by atoms with Gasteiger partial charge in [-0.1, -0.05) is 25.0 Å². The molecule has 1 aromatic rings. The number of anilines is 1. The van der Waals surface area contributed by atoms with Gasteiger partial charge in [0.05, 0.1) is 0 Å². The number of hydrogen-bond acceptors (Lipinski definition) is 4. The highest BCUT2D eigenvalue weighted by molar-refractivity contribution is 5.90. The van der Waals surface area contributed by atoms with E-state index in [9.17, 15) is 9.59 Å². The molecule has 0 unspecified atom stereocenters. The van der Waals surface area contributed by atoms with Gasteiger partial charge in [-0.25, -0.2) is 4.79 Å². The molecule has 148 valence electrons. The van der Waals surface area contributed by atoms with Gasteiger partial charge >= 0.3 is 5.97 Å². The zero-order valence-corrected chi connectivity index (χ0v) is 17.0. The van der Waals surface area contributed by atoms with Crippen molar-refractivity contribution in [2.24, 2.45) is 0 Å². The summed E-state index contributed by atoms with van der Waals surface area (Å²) in [6.45, 7) is 9.44. The molecule has 5 nitrogen and oxygen atoms in total. The van der Waals surface area contributed by atoms with Crippen molar-refractivity contribution >= 4 is 23.6 Å². The summed E-state index contributed by atoms with van der Waals surface area (Å²) in [7, 11) is 0. The summed E-state index contributed by atoms with van der Waals surface area (Å²) in [6, 6.07) is 8.19. The first-order valence-corrected chi connectivity index (χ1v) is 9.80. The quantitative estimate of drug-likeness (QED) is 0.628. The number of carbonyl (C=O) groups is 2. The lowest BCUT2D eigenvalue weighted by Crippen LogP contribution is -2.46. The van der Waals surface area contributed by atoms with Gasteiger partial charge in [0.25, 0.3) is 5.91 Å². The highest BCUT2D eigenvalue weighted by Crippen LogP contribution is 2.20. The van der Waals surface area contributed by atoms with Crippen LogP contribution in [0.3, 0.4) is 0 Å². The van der Waals surface area contributed by atoms with E-state index in [2.05, 4.69) is 22.3 Å². The van der Waals surface area contributed by atoms with Crippen LogP contribution in [0.4, 0.5) is 5.69 Å². The molecular formula is C22H32N2O3. The van der Waals surface area contributed by atoms with Crippen molar-refractivity contribution in [3.8, 4) is 0 Å². The van der Waals surface area contributed by atoms with Crippen LogP contribution in [0, 0.1) is 0 Å². The maximum absolute atomic E-state index is 12.0. The Kier molecular flexibility index (Phi) is 7.45. The highest BCUT2D eigenvalue weighted by atomic mass is 16.5. The molecule has 1 heterocycles. The van der Waals surface area contributed by atoms with Crippen LogP contribution in [0.25, 0.3) is 6.08 Å². The molecule has 1 aliphatic heterocycles. The minimum Gasteiger partial charge on any atom is -0.449 e. The van der Waals surface area contributed by atoms with Gasteiger partial charge < -0.3 is 15.0 Å². The maximum atomic E-state index is 12.0. The van der Waals surface area contributed by atoms with E-state index in [0.29, 0.717) is 0 Å². The Balaban J connectivity index is 1.87. The summed E-state index contributed by atoms with van der Waals surface area (Å²) in [6.07, 6.45) is 7.36. The fourth-order valence-corrected chi connectivity index (χ4v) is 3.03. The summed E-state index contributed by atoms with van der Waals surface area (Å²) in [5.74, 6) is -0.825. The summed E-state index contributed by atoms with van der Waals surface area (Å²) >= 11 is 0. The van der Waals surface area contributed by atoms with E-state index in [1.165, 1.54) is 37.4 Å². The van der Waals surface area contributed by atoms with Gasteiger partial charge in [-0.15, -0.1) is 0 Å². The summed E-state index contributed by atoms with van der Waals surface area (Å²) in [4.78, 5) is 26.3. The predicted molar refractivity (Wildman–Crippen MR) is 110 cm³/mol. The van der Waals surface area contributed by atoms with Crippen LogP contribution in [0.5, 0.6) is 0 Å². The fraction of sp³-hybridized carbons (Fsp3) is 0.545. The molecule has 0 aromatic heterocycles. The number of nitrogens with zero attached hydrogens (tertiary/aromatic N) is 1. The third-order valence-corrected chi connectivity index (χ3v) is 4.44. The second-order valence-electron chi connectivity index (χ2n) is 8.14. The van der Waals surface area contributed by atoms with Crippen molar-refractivity contribution in [1.82, 2.24) is 5.32 Å². The number of carbonyl (C=O) groups excluding carboxylic acids is 2. The second kappa shape index (κ2) is 9.58. The molecule has 1 saturated heterocycles. The minimum absolute atomic E-state index is 0.300. The number of ether oxygens (including phenoxy) is 1. The maximum Gasteiger partial charge on any atom is 0.331 e. The molecule has 1 aromatic carbocycles. The van der Waals surface area contributed by atoms with Gasteiger partial charge in [0.15, 0.2) is 6.10 Å². The molecule has 5 heteroatoms. The molecule has 1 atom stereocenters. The first-order valence-electron chi connectivity index (χ1n) is 9.80. The number of hydrogen-bond donors (Lipinski definition) is 1. The number of nitrogens with one attached hydrogen (secondary N) is 1. The lowest BCUT2D eigenvalue weighted by molar-refractivity contribution is -0.150. The average Bonchev–Trinajstić information content (AvgIpc) is 2.88. The van der Waals surface area contributed by atoms with E-state index < -0.39 is 12.1 Å². The monoisotopic (exact) mass is 372 g/mol. The van der Waals surface area contributed by atoms with E-state index in [1.54, 1.807) is 13.0 Å². The Morgan fingerprint density at radius 3 is 2.22 bits per heavy atom. The van der Waals surface area contributed by atoms with Crippen molar-refractivity contribution < 1.29 is 14.3 Å². The molecule has 1 amide bonds. The van der Waals surface area contributed by atoms with E-state index >= 15 is 0 Å². The van der Waals surface area contributed by atoms with Crippen molar-refractivity contribution in [1.29, 1.82) is 0 Å². The molecule has 1 N–H and O–H groups in total. The SMILES string of the molecule is C[C@@H](OC(=O)/C=C/c1ccc(N2CCCCCC2)cc1)C(=O)NC(C)(C)C. The highest BCUT2D eigenvalue weighted by Gasteiger charge is 2.21. The fourth-order valence-electron chi connectivity index (χ4n) is 3.03. The molecule has 0 spiro atoms. The van der Waals surface area contributed by atoms with Gasteiger partial charge in [-0.3, -0.25) is 4.79 Å². The van der Waals surface area contributed by atoms with Crippen LogP contribution in [0.1, 0.15) is 58.9 Å². The Hall–Kier alpha value is -2.30. The average molecular weight is 373 g/mol. The van der Waals surface area contributed by atoms with E-state index in [0.717, 1.165) is 18.7 Å². The second-order valence-corrected chi connectivity index (χ2v) is 8.14. The van der Waals surface area contributed by atoms with Crippen molar-refractivity contribution in [2.45, 2.75) is 65.0 Å². The Morgan fingerprint density at radius 1 is 1.07 bits per heavy atom. The Labute approximate surface area is 162 Å². The van der Waals surface area contributed by atoms with Crippen LogP contribution in [0.2, 0.25) is 0 Å². The van der Waals surface area contributed by atoms with Gasteiger partial charge in [0.2, 0.25) is 0 Å². The smallest absolute Gasteiger partial charge is 0.331 e. The molecule has 0 saturated carbocycles. The number of esters is 1. The van der Waals surface area contributed by atoms with Gasteiger partial charge in [-0.2, -0.15) is 0 Å². The Morgan fingerprint density at radius 2 is 1.67 bits per heavy atom. The Bertz CT molecular complexity index is 651. The van der Waals surface area contributed by atoms with Crippen LogP contribution in [0.15, 0.2) is 30.3 Å². The van der Waals surface area contributed by atoms with Gasteiger partial charge in [-0.05, 0) is 64.3 Å². The first kappa shape index (κ1) is 21.0. The first-order chi connectivity index (χ1) is 12.7. The molecule has 27 heavy (non-hydrogen) atoms. The van der Waals surface area contributed by atoms with Crippen LogP contribution >= 0.6 is 0 Å². The number of rotatable bonds is 5. The van der Waals surface area contributed by atoms with Crippen molar-refractivity contribution in [3.63, 3.8) is 0 Å². The van der Waals surface area contributed by atoms with Gasteiger partial charge in [0.1, 0.15) is 0 Å². The molecular weight excluding hydrogens is 340 g/mol. The van der Waals surface area contributed by atoms with Crippen LogP contribution in [-0.2, 0) is 14.3 Å². The summed E-state index contributed by atoms with van der Waals surface area (Å²) in [5, 5.41) is 2.79. The van der Waals surface area contributed by atoms with E-state index in [4.69, 9.17) is 4.74 Å². The molecule has 1 fully saturated rings.